The van der Waals surface area contributed by atoms with Gasteiger partial charge in [0.1, 0.15) is 0 Å². The van der Waals surface area contributed by atoms with Crippen LogP contribution < -0.4 is 5.76 Å². The van der Waals surface area contributed by atoms with Crippen LogP contribution in [0.2, 0.25) is 0 Å². The van der Waals surface area contributed by atoms with Crippen LogP contribution in [-0.4, -0.2) is 14.7 Å². The maximum absolute atomic E-state index is 11.2. The van der Waals surface area contributed by atoms with E-state index in [4.69, 9.17) is 4.42 Å². The third-order valence-electron chi connectivity index (χ3n) is 2.45. The molecular formula is C11H11N3O4. The highest BCUT2D eigenvalue weighted by molar-refractivity contribution is 5.33. The Labute approximate surface area is 102 Å². The molecule has 0 unspecified atom stereocenters. The first-order valence-electron chi connectivity index (χ1n) is 5.40. The van der Waals surface area contributed by atoms with Crippen LogP contribution in [0, 0.1) is 10.1 Å². The molecule has 0 saturated carbocycles. The average Bonchev–Trinajstić information content (AvgIpc) is 2.70. The van der Waals surface area contributed by atoms with E-state index >= 15 is 0 Å². The van der Waals surface area contributed by atoms with Crippen LogP contribution in [-0.2, 0) is 13.0 Å². The molecule has 0 saturated heterocycles. The minimum atomic E-state index is -0.491. The Morgan fingerprint density at radius 2 is 2.06 bits per heavy atom. The monoisotopic (exact) mass is 249 g/mol. The van der Waals surface area contributed by atoms with Crippen molar-refractivity contribution in [1.82, 2.24) is 9.78 Å². The van der Waals surface area contributed by atoms with Gasteiger partial charge in [0.05, 0.1) is 11.3 Å². The highest BCUT2D eigenvalue weighted by Crippen LogP contribution is 2.13. The maximum Gasteiger partial charge on any atom is 0.437 e. The second-order valence-corrected chi connectivity index (χ2v) is 3.68. The molecule has 0 aliphatic heterocycles. The van der Waals surface area contributed by atoms with Gasteiger partial charge in [0.15, 0.2) is 0 Å². The Hall–Kier alpha value is -2.44. The number of hydrogen-bond acceptors (Lipinski definition) is 5. The summed E-state index contributed by atoms with van der Waals surface area (Å²) in [5, 5.41) is 14.5. The van der Waals surface area contributed by atoms with Crippen molar-refractivity contribution in [2.24, 2.45) is 0 Å². The molecule has 1 aromatic heterocycles. The number of aryl methyl sites for hydroxylation is 1. The molecule has 7 heteroatoms. The summed E-state index contributed by atoms with van der Waals surface area (Å²) in [6.07, 6.45) is 0.334. The normalized spacial score (nSPS) is 10.5. The lowest BCUT2D eigenvalue weighted by Crippen LogP contribution is -2.13. The quantitative estimate of drug-likeness (QED) is 0.602. The fourth-order valence-electron chi connectivity index (χ4n) is 1.53. The zero-order valence-electron chi connectivity index (χ0n) is 9.70. The molecule has 94 valence electrons. The predicted molar refractivity (Wildman–Crippen MR) is 62.3 cm³/mol. The molecule has 0 fully saturated rings. The molecule has 0 amide bonds. The summed E-state index contributed by atoms with van der Waals surface area (Å²) in [6.45, 7) is 2.24. The van der Waals surface area contributed by atoms with Crippen LogP contribution in [0.3, 0.4) is 0 Å². The first kappa shape index (κ1) is 12.0. The van der Waals surface area contributed by atoms with Crippen LogP contribution in [0.25, 0.3) is 0 Å². The van der Waals surface area contributed by atoms with Gasteiger partial charge in [-0.3, -0.25) is 10.1 Å². The Morgan fingerprint density at radius 1 is 1.39 bits per heavy atom. The minimum absolute atomic E-state index is 0.0271. The van der Waals surface area contributed by atoms with Gasteiger partial charge in [-0.1, -0.05) is 12.1 Å². The van der Waals surface area contributed by atoms with E-state index in [9.17, 15) is 14.9 Å². The third kappa shape index (κ3) is 2.45. The van der Waals surface area contributed by atoms with E-state index in [2.05, 4.69) is 5.10 Å². The van der Waals surface area contributed by atoms with E-state index in [-0.39, 0.29) is 5.69 Å². The molecule has 0 aliphatic rings. The van der Waals surface area contributed by atoms with Gasteiger partial charge >= 0.3 is 5.76 Å². The summed E-state index contributed by atoms with van der Waals surface area (Å²) in [6, 6.07) is 6.04. The van der Waals surface area contributed by atoms with Gasteiger partial charge in [-0.25, -0.2) is 4.79 Å². The SMILES string of the molecule is CCn1nc(Cc2ccc([N+](=O)[O-])cc2)oc1=O. The topological polar surface area (TPSA) is 91.2 Å². The number of benzene rings is 1. The first-order chi connectivity index (χ1) is 8.60. The van der Waals surface area contributed by atoms with Crippen LogP contribution in [0.15, 0.2) is 33.5 Å². The van der Waals surface area contributed by atoms with Gasteiger partial charge in [0.2, 0.25) is 5.89 Å². The van der Waals surface area contributed by atoms with Crippen molar-refractivity contribution in [3.63, 3.8) is 0 Å². The first-order valence-corrected chi connectivity index (χ1v) is 5.40. The van der Waals surface area contributed by atoms with Crippen LogP contribution >= 0.6 is 0 Å². The predicted octanol–water partition coefficient (Wildman–Crippen LogP) is 1.36. The lowest BCUT2D eigenvalue weighted by molar-refractivity contribution is -0.384. The standard InChI is InChI=1S/C11H11N3O4/c1-2-13-11(15)18-10(12-13)7-8-3-5-9(6-4-8)14(16)17/h3-6H,2,7H2,1H3. The second-order valence-electron chi connectivity index (χ2n) is 3.68. The number of rotatable bonds is 4. The maximum atomic E-state index is 11.2. The summed E-state index contributed by atoms with van der Waals surface area (Å²) in [4.78, 5) is 21.3. The average molecular weight is 249 g/mol. The third-order valence-corrected chi connectivity index (χ3v) is 2.45. The Kier molecular flexibility index (Phi) is 3.22. The number of nitrogens with zero attached hydrogens (tertiary/aromatic N) is 3. The van der Waals surface area contributed by atoms with Crippen molar-refractivity contribution < 1.29 is 9.34 Å². The number of nitro groups is 1. The minimum Gasteiger partial charge on any atom is -0.392 e. The molecule has 0 aliphatic carbocycles. The van der Waals surface area contributed by atoms with Crippen LogP contribution in [0.5, 0.6) is 0 Å². The number of non-ortho nitro benzene ring substituents is 1. The molecule has 2 rings (SSSR count). The zero-order valence-corrected chi connectivity index (χ0v) is 9.70. The van der Waals surface area contributed by atoms with Gasteiger partial charge in [-0.05, 0) is 12.5 Å². The summed E-state index contributed by atoms with van der Waals surface area (Å²) in [5.74, 6) is -0.190. The Bertz CT molecular complexity index is 612. The Morgan fingerprint density at radius 3 is 2.56 bits per heavy atom. The lowest BCUT2D eigenvalue weighted by atomic mass is 10.1. The molecule has 1 heterocycles. The molecule has 7 nitrogen and oxygen atoms in total. The summed E-state index contributed by atoms with van der Waals surface area (Å²) in [5.41, 5.74) is 0.824. The van der Waals surface area contributed by atoms with E-state index in [0.29, 0.717) is 18.9 Å². The number of nitro benzene ring substituents is 1. The van der Waals surface area contributed by atoms with Crippen molar-refractivity contribution in [3.05, 3.63) is 56.4 Å². The molecule has 0 bridgehead atoms. The van der Waals surface area contributed by atoms with E-state index in [1.165, 1.54) is 16.8 Å². The second kappa shape index (κ2) is 4.82. The highest BCUT2D eigenvalue weighted by Gasteiger charge is 2.09. The van der Waals surface area contributed by atoms with Crippen molar-refractivity contribution in [1.29, 1.82) is 0 Å². The van der Waals surface area contributed by atoms with Gasteiger partial charge in [0, 0.05) is 18.7 Å². The number of aromatic nitrogens is 2. The van der Waals surface area contributed by atoms with Gasteiger partial charge in [-0.15, -0.1) is 5.10 Å². The highest BCUT2D eigenvalue weighted by atomic mass is 16.6. The largest absolute Gasteiger partial charge is 0.437 e. The molecule has 18 heavy (non-hydrogen) atoms. The molecule has 0 N–H and O–H groups in total. The molecule has 2 aromatic rings. The van der Waals surface area contributed by atoms with Crippen molar-refractivity contribution in [3.8, 4) is 0 Å². The molecule has 0 radical (unpaired) electrons. The van der Waals surface area contributed by atoms with Crippen molar-refractivity contribution >= 4 is 5.69 Å². The van der Waals surface area contributed by atoms with E-state index < -0.39 is 10.7 Å². The van der Waals surface area contributed by atoms with E-state index in [1.807, 2.05) is 0 Å². The smallest absolute Gasteiger partial charge is 0.392 e. The number of hydrogen-bond donors (Lipinski definition) is 0. The van der Waals surface area contributed by atoms with E-state index in [1.54, 1.807) is 19.1 Å². The van der Waals surface area contributed by atoms with Crippen molar-refractivity contribution in [2.45, 2.75) is 19.9 Å². The zero-order chi connectivity index (χ0) is 13.1. The lowest BCUT2D eigenvalue weighted by Gasteiger charge is -1.96. The summed E-state index contributed by atoms with van der Waals surface area (Å²) < 4.78 is 6.17. The molecule has 1 aromatic carbocycles. The fraction of sp³-hybridized carbons (Fsp3) is 0.273. The summed E-state index contributed by atoms with van der Waals surface area (Å²) in [7, 11) is 0. The Balaban J connectivity index is 2.18. The fourth-order valence-corrected chi connectivity index (χ4v) is 1.53. The van der Waals surface area contributed by atoms with Crippen molar-refractivity contribution in [2.75, 3.05) is 0 Å². The van der Waals surface area contributed by atoms with Crippen LogP contribution in [0.1, 0.15) is 18.4 Å². The van der Waals surface area contributed by atoms with E-state index in [0.717, 1.165) is 5.56 Å². The van der Waals surface area contributed by atoms with Crippen LogP contribution in [0.4, 0.5) is 5.69 Å². The molecule has 0 atom stereocenters. The van der Waals surface area contributed by atoms with Gasteiger partial charge < -0.3 is 4.42 Å². The summed E-state index contributed by atoms with van der Waals surface area (Å²) >= 11 is 0. The van der Waals surface area contributed by atoms with Gasteiger partial charge in [0.25, 0.3) is 5.69 Å². The van der Waals surface area contributed by atoms with Gasteiger partial charge in [-0.2, -0.15) is 4.68 Å². The molecule has 0 spiro atoms. The molecular weight excluding hydrogens is 238 g/mol.